The van der Waals surface area contributed by atoms with E-state index < -0.39 is 11.8 Å². The molecule has 4 heteroatoms. The summed E-state index contributed by atoms with van der Waals surface area (Å²) in [6, 6.07) is 18.3. The molecule has 0 unspecified atom stereocenters. The van der Waals surface area contributed by atoms with Crippen molar-refractivity contribution in [1.82, 2.24) is 4.90 Å². The number of aryl methyl sites for hydroxylation is 1. The topological polar surface area (TPSA) is 49.4 Å². The van der Waals surface area contributed by atoms with Crippen LogP contribution in [0.1, 0.15) is 43.7 Å². The predicted molar refractivity (Wildman–Crippen MR) is 113 cm³/mol. The van der Waals surface area contributed by atoms with Gasteiger partial charge in [-0.15, -0.1) is 0 Å². The van der Waals surface area contributed by atoms with Crippen LogP contribution in [-0.4, -0.2) is 29.8 Å². The fraction of sp³-hybridized carbons (Fsp3) is 0.417. The van der Waals surface area contributed by atoms with Gasteiger partial charge in [0.2, 0.25) is 0 Å². The van der Waals surface area contributed by atoms with E-state index in [1.54, 1.807) is 4.90 Å². The Balaban J connectivity index is 1.46. The van der Waals surface area contributed by atoms with Crippen LogP contribution in [0, 0.1) is 5.92 Å². The molecule has 1 fully saturated rings. The second-order valence-corrected chi connectivity index (χ2v) is 7.68. The van der Waals surface area contributed by atoms with Gasteiger partial charge >= 0.3 is 11.8 Å². The Bertz CT molecular complexity index is 763. The Morgan fingerprint density at radius 2 is 1.64 bits per heavy atom. The molecule has 0 atom stereocenters. The molecule has 0 aliphatic carbocycles. The van der Waals surface area contributed by atoms with Gasteiger partial charge in [-0.25, -0.2) is 0 Å². The van der Waals surface area contributed by atoms with Gasteiger partial charge in [0.05, 0.1) is 0 Å². The van der Waals surface area contributed by atoms with Crippen molar-refractivity contribution in [3.8, 4) is 0 Å². The summed E-state index contributed by atoms with van der Waals surface area (Å²) < 4.78 is 0. The predicted octanol–water partition coefficient (Wildman–Crippen LogP) is 4.45. The van der Waals surface area contributed by atoms with Gasteiger partial charge in [0.1, 0.15) is 0 Å². The van der Waals surface area contributed by atoms with Crippen molar-refractivity contribution in [2.45, 2.75) is 45.4 Å². The first kappa shape index (κ1) is 20.1. The zero-order valence-electron chi connectivity index (χ0n) is 16.7. The molecule has 2 aromatic rings. The van der Waals surface area contributed by atoms with E-state index in [-0.39, 0.29) is 0 Å². The van der Waals surface area contributed by atoms with E-state index in [9.17, 15) is 9.59 Å². The maximum atomic E-state index is 12.5. The zero-order valence-corrected chi connectivity index (χ0v) is 16.7. The maximum absolute atomic E-state index is 12.5. The Labute approximate surface area is 167 Å². The average Bonchev–Trinajstić information content (AvgIpc) is 2.74. The molecule has 2 aromatic carbocycles. The number of hydrogen-bond acceptors (Lipinski definition) is 2. The summed E-state index contributed by atoms with van der Waals surface area (Å²) >= 11 is 0. The van der Waals surface area contributed by atoms with Crippen LogP contribution < -0.4 is 5.32 Å². The standard InChI is InChI=1S/C24H30N2O2/c1-2-3-7-19-10-12-22(13-11-19)25-23(27)24(28)26-16-14-21(15-17-26)18-20-8-5-4-6-9-20/h4-6,8-13,21H,2-3,7,14-18H2,1H3,(H,25,27). The average molecular weight is 379 g/mol. The van der Waals surface area contributed by atoms with Crippen molar-refractivity contribution in [2.24, 2.45) is 5.92 Å². The zero-order chi connectivity index (χ0) is 19.8. The van der Waals surface area contributed by atoms with Gasteiger partial charge in [-0.05, 0) is 61.3 Å². The summed E-state index contributed by atoms with van der Waals surface area (Å²) in [4.78, 5) is 26.5. The molecule has 1 heterocycles. The molecule has 1 saturated heterocycles. The van der Waals surface area contributed by atoms with Gasteiger partial charge < -0.3 is 10.2 Å². The highest BCUT2D eigenvalue weighted by Crippen LogP contribution is 2.22. The van der Waals surface area contributed by atoms with Crippen LogP contribution in [0.15, 0.2) is 54.6 Å². The number of amides is 2. The van der Waals surface area contributed by atoms with Gasteiger partial charge in [0.15, 0.2) is 0 Å². The molecule has 0 radical (unpaired) electrons. The molecule has 0 saturated carbocycles. The minimum Gasteiger partial charge on any atom is -0.334 e. The van der Waals surface area contributed by atoms with Crippen LogP contribution >= 0.6 is 0 Å². The molecule has 0 aromatic heterocycles. The summed E-state index contributed by atoms with van der Waals surface area (Å²) in [6.45, 7) is 3.48. The van der Waals surface area contributed by atoms with Gasteiger partial charge in [0.25, 0.3) is 0 Å². The Hall–Kier alpha value is -2.62. The first-order chi connectivity index (χ1) is 13.7. The van der Waals surface area contributed by atoms with E-state index in [1.807, 2.05) is 30.3 Å². The summed E-state index contributed by atoms with van der Waals surface area (Å²) in [5, 5.41) is 2.74. The second-order valence-electron chi connectivity index (χ2n) is 7.68. The Kier molecular flexibility index (Phi) is 7.24. The number of unbranched alkanes of at least 4 members (excludes halogenated alkanes) is 1. The number of anilines is 1. The van der Waals surface area contributed by atoms with Gasteiger partial charge in [-0.1, -0.05) is 55.8 Å². The molecule has 3 rings (SSSR count). The second kappa shape index (κ2) is 10.1. The normalized spacial score (nSPS) is 14.7. The van der Waals surface area contributed by atoms with Gasteiger partial charge in [-0.3, -0.25) is 9.59 Å². The van der Waals surface area contributed by atoms with Crippen LogP contribution in [-0.2, 0) is 22.4 Å². The first-order valence-electron chi connectivity index (χ1n) is 10.4. The Morgan fingerprint density at radius 1 is 0.964 bits per heavy atom. The van der Waals surface area contributed by atoms with Crippen molar-refractivity contribution >= 4 is 17.5 Å². The van der Waals surface area contributed by atoms with Gasteiger partial charge in [0, 0.05) is 18.8 Å². The summed E-state index contributed by atoms with van der Waals surface area (Å²) in [5.41, 5.74) is 3.27. The van der Waals surface area contributed by atoms with Crippen molar-refractivity contribution in [3.05, 3.63) is 65.7 Å². The fourth-order valence-corrected chi connectivity index (χ4v) is 3.75. The molecule has 1 N–H and O–H groups in total. The van der Waals surface area contributed by atoms with Crippen molar-refractivity contribution < 1.29 is 9.59 Å². The van der Waals surface area contributed by atoms with Crippen molar-refractivity contribution in [3.63, 3.8) is 0 Å². The van der Waals surface area contributed by atoms with Crippen LogP contribution in [0.25, 0.3) is 0 Å². The monoisotopic (exact) mass is 378 g/mol. The molecular formula is C24H30N2O2. The Morgan fingerprint density at radius 3 is 2.29 bits per heavy atom. The molecule has 1 aliphatic heterocycles. The molecular weight excluding hydrogens is 348 g/mol. The lowest BCUT2D eigenvalue weighted by Crippen LogP contribution is -2.44. The highest BCUT2D eigenvalue weighted by atomic mass is 16.2. The molecule has 28 heavy (non-hydrogen) atoms. The minimum absolute atomic E-state index is 0.423. The number of hydrogen-bond donors (Lipinski definition) is 1. The van der Waals surface area contributed by atoms with Crippen LogP contribution in [0.4, 0.5) is 5.69 Å². The van der Waals surface area contributed by atoms with Crippen LogP contribution in [0.3, 0.4) is 0 Å². The molecule has 0 spiro atoms. The third-order valence-corrected chi connectivity index (χ3v) is 5.49. The van der Waals surface area contributed by atoms with E-state index in [4.69, 9.17) is 0 Å². The molecule has 0 bridgehead atoms. The number of piperidine rings is 1. The third-order valence-electron chi connectivity index (χ3n) is 5.49. The maximum Gasteiger partial charge on any atom is 0.313 e. The first-order valence-corrected chi connectivity index (χ1v) is 10.4. The molecule has 1 aliphatic rings. The number of carbonyl (C=O) groups is 2. The van der Waals surface area contributed by atoms with E-state index in [1.165, 1.54) is 11.1 Å². The van der Waals surface area contributed by atoms with E-state index >= 15 is 0 Å². The number of nitrogens with zero attached hydrogens (tertiary/aromatic N) is 1. The summed E-state index contributed by atoms with van der Waals surface area (Å²) in [6.07, 6.45) is 6.29. The smallest absolute Gasteiger partial charge is 0.313 e. The van der Waals surface area contributed by atoms with Crippen molar-refractivity contribution in [2.75, 3.05) is 18.4 Å². The third kappa shape index (κ3) is 5.69. The quantitative estimate of drug-likeness (QED) is 0.755. The minimum atomic E-state index is -0.539. The van der Waals surface area contributed by atoms with E-state index in [2.05, 4.69) is 36.5 Å². The van der Waals surface area contributed by atoms with Crippen LogP contribution in [0.2, 0.25) is 0 Å². The highest BCUT2D eigenvalue weighted by Gasteiger charge is 2.27. The lowest BCUT2D eigenvalue weighted by Gasteiger charge is -2.31. The summed E-state index contributed by atoms with van der Waals surface area (Å²) in [7, 11) is 0. The largest absolute Gasteiger partial charge is 0.334 e. The number of benzene rings is 2. The molecule has 4 nitrogen and oxygen atoms in total. The SMILES string of the molecule is CCCCc1ccc(NC(=O)C(=O)N2CCC(Cc3ccccc3)CC2)cc1. The highest BCUT2D eigenvalue weighted by molar-refractivity contribution is 6.39. The van der Waals surface area contributed by atoms with Crippen LogP contribution in [0.5, 0.6) is 0 Å². The number of rotatable bonds is 6. The number of carbonyl (C=O) groups excluding carboxylic acids is 2. The van der Waals surface area contributed by atoms with Gasteiger partial charge in [-0.2, -0.15) is 0 Å². The van der Waals surface area contributed by atoms with E-state index in [0.717, 1.165) is 38.5 Å². The van der Waals surface area contributed by atoms with Crippen molar-refractivity contribution in [1.29, 1.82) is 0 Å². The number of likely N-dealkylation sites (tertiary alicyclic amines) is 1. The molecule has 2 amide bonds. The summed E-state index contributed by atoms with van der Waals surface area (Å²) in [5.74, 6) is -0.388. The number of nitrogens with one attached hydrogen (secondary N) is 1. The van der Waals surface area contributed by atoms with E-state index in [0.29, 0.717) is 24.7 Å². The molecule has 148 valence electrons. The lowest BCUT2D eigenvalue weighted by atomic mass is 9.90. The fourth-order valence-electron chi connectivity index (χ4n) is 3.75. The lowest BCUT2D eigenvalue weighted by molar-refractivity contribution is -0.144.